The first-order chi connectivity index (χ1) is 14.5. The zero-order valence-corrected chi connectivity index (χ0v) is 18.2. The number of hydrogen-bond acceptors (Lipinski definition) is 5. The highest BCUT2D eigenvalue weighted by molar-refractivity contribution is 6.30. The normalized spacial score (nSPS) is 10.7. The van der Waals surface area contributed by atoms with Crippen molar-refractivity contribution in [1.82, 2.24) is 5.43 Å². The number of hydrogen-bond donors (Lipinski definition) is 2. The second kappa shape index (κ2) is 11.8. The molecule has 0 aromatic heterocycles. The summed E-state index contributed by atoms with van der Waals surface area (Å²) in [6.45, 7) is 5.98. The van der Waals surface area contributed by atoms with Gasteiger partial charge in [-0.3, -0.25) is 9.59 Å². The number of amides is 2. The maximum Gasteiger partial charge on any atom is 0.240 e. The lowest BCUT2D eigenvalue weighted by molar-refractivity contribution is -0.124. The molecule has 0 radical (unpaired) electrons. The van der Waals surface area contributed by atoms with E-state index in [1.165, 1.54) is 6.21 Å². The summed E-state index contributed by atoms with van der Waals surface area (Å²) < 4.78 is 5.43. The van der Waals surface area contributed by atoms with E-state index in [4.69, 9.17) is 16.3 Å². The predicted molar refractivity (Wildman–Crippen MR) is 122 cm³/mol. The first-order valence-electron chi connectivity index (χ1n) is 9.77. The molecule has 2 amide bonds. The molecule has 8 heteroatoms. The Morgan fingerprint density at radius 3 is 2.50 bits per heavy atom. The van der Waals surface area contributed by atoms with Crippen molar-refractivity contribution in [3.05, 3.63) is 53.1 Å². The summed E-state index contributed by atoms with van der Waals surface area (Å²) in [7, 11) is 1.59. The van der Waals surface area contributed by atoms with Gasteiger partial charge in [0, 0.05) is 54.0 Å². The molecule has 7 nitrogen and oxygen atoms in total. The van der Waals surface area contributed by atoms with Crippen LogP contribution in [0.25, 0.3) is 0 Å². The lowest BCUT2D eigenvalue weighted by atomic mass is 10.2. The molecule has 0 saturated carbocycles. The average Bonchev–Trinajstić information content (AvgIpc) is 2.74. The molecule has 0 aliphatic heterocycles. The smallest absolute Gasteiger partial charge is 0.240 e. The summed E-state index contributed by atoms with van der Waals surface area (Å²) in [6.07, 6.45) is 1.58. The third-order valence-corrected chi connectivity index (χ3v) is 4.66. The van der Waals surface area contributed by atoms with Crippen LogP contribution in [0.15, 0.2) is 47.6 Å². The minimum atomic E-state index is -0.355. The number of halogens is 1. The first kappa shape index (κ1) is 23.2. The molecule has 160 valence electrons. The second-order valence-electron chi connectivity index (χ2n) is 6.45. The molecule has 0 aliphatic carbocycles. The zero-order chi connectivity index (χ0) is 21.9. The van der Waals surface area contributed by atoms with E-state index in [1.807, 2.05) is 18.2 Å². The highest BCUT2D eigenvalue weighted by Crippen LogP contribution is 2.24. The van der Waals surface area contributed by atoms with E-state index in [9.17, 15) is 9.59 Å². The molecule has 0 aliphatic rings. The minimum absolute atomic E-state index is 0.0156. The van der Waals surface area contributed by atoms with Crippen LogP contribution in [0, 0.1) is 0 Å². The van der Waals surface area contributed by atoms with Crippen LogP contribution in [0.3, 0.4) is 0 Å². The van der Waals surface area contributed by atoms with Gasteiger partial charge < -0.3 is 15.0 Å². The molecule has 2 aromatic rings. The van der Waals surface area contributed by atoms with Gasteiger partial charge >= 0.3 is 0 Å². The molecule has 0 saturated heterocycles. The largest absolute Gasteiger partial charge is 0.496 e. The number of nitrogens with one attached hydrogen (secondary N) is 2. The zero-order valence-electron chi connectivity index (χ0n) is 17.4. The van der Waals surface area contributed by atoms with Gasteiger partial charge in [-0.15, -0.1) is 0 Å². The van der Waals surface area contributed by atoms with Crippen LogP contribution in [0.4, 0.5) is 11.4 Å². The fraction of sp³-hybridized carbons (Fsp3) is 0.318. The molecule has 2 rings (SSSR count). The molecule has 2 N–H and O–H groups in total. The monoisotopic (exact) mass is 430 g/mol. The number of hydrazone groups is 1. The van der Waals surface area contributed by atoms with E-state index in [0.717, 1.165) is 24.3 Å². The van der Waals surface area contributed by atoms with Crippen LogP contribution in [0.5, 0.6) is 5.75 Å². The van der Waals surface area contributed by atoms with E-state index in [1.54, 1.807) is 31.4 Å². The molecular weight excluding hydrogens is 404 g/mol. The Balaban J connectivity index is 1.85. The number of nitrogens with zero attached hydrogens (tertiary/aromatic N) is 2. The van der Waals surface area contributed by atoms with Crippen molar-refractivity contribution in [2.75, 3.05) is 30.4 Å². The number of anilines is 2. The van der Waals surface area contributed by atoms with E-state index >= 15 is 0 Å². The van der Waals surface area contributed by atoms with Gasteiger partial charge in [0.15, 0.2) is 0 Å². The Bertz CT molecular complexity index is 898. The third-order valence-electron chi connectivity index (χ3n) is 4.43. The molecular formula is C22H27ClN4O3. The molecule has 30 heavy (non-hydrogen) atoms. The van der Waals surface area contributed by atoms with Crippen molar-refractivity contribution in [2.24, 2.45) is 5.10 Å². The van der Waals surface area contributed by atoms with Crippen LogP contribution in [-0.4, -0.2) is 38.2 Å². The summed E-state index contributed by atoms with van der Waals surface area (Å²) in [5.41, 5.74) is 4.83. The van der Waals surface area contributed by atoms with Crippen LogP contribution in [-0.2, 0) is 9.59 Å². The van der Waals surface area contributed by atoms with E-state index in [2.05, 4.69) is 34.6 Å². The van der Waals surface area contributed by atoms with Gasteiger partial charge in [-0.05, 0) is 44.2 Å². The highest BCUT2D eigenvalue weighted by Gasteiger charge is 2.09. The van der Waals surface area contributed by atoms with Gasteiger partial charge in [0.05, 0.1) is 13.3 Å². The van der Waals surface area contributed by atoms with Gasteiger partial charge in [-0.25, -0.2) is 5.43 Å². The van der Waals surface area contributed by atoms with E-state index in [-0.39, 0.29) is 24.7 Å². The third kappa shape index (κ3) is 7.08. The van der Waals surface area contributed by atoms with Crippen molar-refractivity contribution >= 4 is 41.0 Å². The van der Waals surface area contributed by atoms with Crippen LogP contribution in [0.1, 0.15) is 32.3 Å². The molecule has 0 fully saturated rings. The first-order valence-corrected chi connectivity index (χ1v) is 10.1. The van der Waals surface area contributed by atoms with Gasteiger partial charge in [0.2, 0.25) is 11.8 Å². The number of rotatable bonds is 10. The van der Waals surface area contributed by atoms with Crippen molar-refractivity contribution < 1.29 is 14.3 Å². The lowest BCUT2D eigenvalue weighted by Crippen LogP contribution is -2.22. The van der Waals surface area contributed by atoms with E-state index < -0.39 is 0 Å². The van der Waals surface area contributed by atoms with Crippen molar-refractivity contribution in [3.63, 3.8) is 0 Å². The molecule has 0 heterocycles. The summed E-state index contributed by atoms with van der Waals surface area (Å²) in [6, 6.07) is 12.6. The molecule has 2 aromatic carbocycles. The quantitative estimate of drug-likeness (QED) is 0.439. The van der Waals surface area contributed by atoms with Crippen molar-refractivity contribution in [1.29, 1.82) is 0 Å². The maximum absolute atomic E-state index is 12.0. The van der Waals surface area contributed by atoms with Gasteiger partial charge in [0.1, 0.15) is 5.75 Å². The Labute approximate surface area is 182 Å². The summed E-state index contributed by atoms with van der Waals surface area (Å²) in [5.74, 6) is 0.0366. The number of carbonyl (C=O) groups is 2. The van der Waals surface area contributed by atoms with E-state index in [0.29, 0.717) is 16.5 Å². The Morgan fingerprint density at radius 2 is 1.83 bits per heavy atom. The minimum Gasteiger partial charge on any atom is -0.496 e. The highest BCUT2D eigenvalue weighted by atomic mass is 35.5. The fourth-order valence-corrected chi connectivity index (χ4v) is 3.03. The molecule has 0 atom stereocenters. The molecule has 0 spiro atoms. The number of ether oxygens (including phenoxy) is 1. The topological polar surface area (TPSA) is 83.0 Å². The second-order valence-corrected chi connectivity index (χ2v) is 6.89. The standard InChI is InChI=1S/C22H27ClN4O3/c1-4-27(5-2)19-10-9-16(20(14-19)30-3)15-24-26-22(29)12-11-21(28)25-18-8-6-7-17(23)13-18/h6-10,13-15H,4-5,11-12H2,1-3H3,(H,25,28)(H,26,29). The number of carbonyl (C=O) groups excluding carboxylic acids is 2. The Hall–Kier alpha value is -3.06. The van der Waals surface area contributed by atoms with Crippen LogP contribution >= 0.6 is 11.6 Å². The Kier molecular flexibility index (Phi) is 9.15. The summed E-state index contributed by atoms with van der Waals surface area (Å²) in [5, 5.41) is 7.20. The van der Waals surface area contributed by atoms with Crippen molar-refractivity contribution in [3.8, 4) is 5.75 Å². The lowest BCUT2D eigenvalue weighted by Gasteiger charge is -2.21. The van der Waals surface area contributed by atoms with Crippen LogP contribution < -0.4 is 20.4 Å². The van der Waals surface area contributed by atoms with Gasteiger partial charge in [0.25, 0.3) is 0 Å². The summed E-state index contributed by atoms with van der Waals surface area (Å²) >= 11 is 5.88. The van der Waals surface area contributed by atoms with Crippen molar-refractivity contribution in [2.45, 2.75) is 26.7 Å². The number of methoxy groups -OCH3 is 1. The maximum atomic E-state index is 12.0. The average molecular weight is 431 g/mol. The fourth-order valence-electron chi connectivity index (χ4n) is 2.84. The predicted octanol–water partition coefficient (Wildman–Crippen LogP) is 4.06. The van der Waals surface area contributed by atoms with Crippen LogP contribution in [0.2, 0.25) is 5.02 Å². The number of benzene rings is 2. The Morgan fingerprint density at radius 1 is 1.10 bits per heavy atom. The molecule has 0 unspecified atom stereocenters. The molecule has 0 bridgehead atoms. The van der Waals surface area contributed by atoms with Gasteiger partial charge in [-0.1, -0.05) is 17.7 Å². The summed E-state index contributed by atoms with van der Waals surface area (Å²) in [4.78, 5) is 26.1. The SMILES string of the molecule is CCN(CC)c1ccc(C=NNC(=O)CCC(=O)Nc2cccc(Cl)c2)c(OC)c1. The van der Waals surface area contributed by atoms with Gasteiger partial charge in [-0.2, -0.15) is 5.10 Å².